The minimum Gasteiger partial charge on any atom is -0.507 e. The van der Waals surface area contributed by atoms with Crippen molar-refractivity contribution in [3.63, 3.8) is 0 Å². The Kier molecular flexibility index (Phi) is 5.23. The normalized spacial score (nSPS) is 17.6. The van der Waals surface area contributed by atoms with Gasteiger partial charge in [0.2, 0.25) is 0 Å². The van der Waals surface area contributed by atoms with Gasteiger partial charge in [0, 0.05) is 15.8 Å². The van der Waals surface area contributed by atoms with Gasteiger partial charge in [0.25, 0.3) is 11.7 Å². The lowest BCUT2D eigenvalue weighted by molar-refractivity contribution is -0.132. The number of rotatable bonds is 4. The smallest absolute Gasteiger partial charge is 0.300 e. The highest BCUT2D eigenvalue weighted by Crippen LogP contribution is 2.45. The number of amides is 1. The summed E-state index contributed by atoms with van der Waals surface area (Å²) in [5.41, 5.74) is 1.96. The Labute approximate surface area is 195 Å². The van der Waals surface area contributed by atoms with Gasteiger partial charge in [-0.05, 0) is 53.6 Å². The maximum Gasteiger partial charge on any atom is 0.300 e. The second-order valence-corrected chi connectivity index (χ2v) is 8.84. The molecule has 6 heteroatoms. The third-order valence-corrected chi connectivity index (χ3v) is 6.90. The molecule has 1 fully saturated rings. The van der Waals surface area contributed by atoms with E-state index in [-0.39, 0.29) is 11.3 Å². The number of anilines is 1. The molecule has 4 aromatic rings. The quantitative estimate of drug-likeness (QED) is 0.238. The molecule has 1 atom stereocenters. The number of ether oxygens (including phenoxy) is 1. The summed E-state index contributed by atoms with van der Waals surface area (Å²) in [6.45, 7) is 1.83. The number of benzene rings is 3. The topological polar surface area (TPSA) is 66.8 Å². The maximum absolute atomic E-state index is 13.4. The van der Waals surface area contributed by atoms with Crippen LogP contribution in [0.5, 0.6) is 5.75 Å². The van der Waals surface area contributed by atoms with Crippen LogP contribution in [0.2, 0.25) is 0 Å². The number of nitrogens with zero attached hydrogens (tertiary/aromatic N) is 1. The van der Waals surface area contributed by atoms with Crippen LogP contribution in [0.1, 0.15) is 22.0 Å². The van der Waals surface area contributed by atoms with Gasteiger partial charge in [0.15, 0.2) is 0 Å². The van der Waals surface area contributed by atoms with Gasteiger partial charge in [-0.3, -0.25) is 14.5 Å². The van der Waals surface area contributed by atoms with Crippen molar-refractivity contribution in [2.45, 2.75) is 13.0 Å². The largest absolute Gasteiger partial charge is 0.507 e. The predicted molar refractivity (Wildman–Crippen MR) is 131 cm³/mol. The Balaban J connectivity index is 1.75. The fourth-order valence-corrected chi connectivity index (χ4v) is 5.21. The SMILES string of the molecule is COc1ccc(/C(O)=C2/C(=O)C(=O)N(c3cccc4ccccc34)C2c2cccs2)c(C)c1. The van der Waals surface area contributed by atoms with Gasteiger partial charge in [-0.1, -0.05) is 42.5 Å². The van der Waals surface area contributed by atoms with Crippen LogP contribution in [-0.4, -0.2) is 23.9 Å². The van der Waals surface area contributed by atoms with Crippen molar-refractivity contribution in [3.05, 3.63) is 99.8 Å². The maximum atomic E-state index is 13.4. The molecule has 1 aromatic heterocycles. The van der Waals surface area contributed by atoms with E-state index >= 15 is 0 Å². The standard InChI is InChI=1S/C27H21NO4S/c1-16-15-18(32-2)12-13-19(16)25(29)23-24(22-11-6-14-33-22)28(27(31)26(23)30)21-10-5-8-17-7-3-4-9-20(17)21/h3-15,24,29H,1-2H3/b25-23-. The first-order chi connectivity index (χ1) is 16.0. The third-order valence-electron chi connectivity index (χ3n) is 5.97. The molecule has 1 saturated heterocycles. The molecule has 33 heavy (non-hydrogen) atoms. The van der Waals surface area contributed by atoms with Gasteiger partial charge in [-0.15, -0.1) is 11.3 Å². The number of thiophene rings is 1. The van der Waals surface area contributed by atoms with Crippen molar-refractivity contribution in [1.82, 2.24) is 0 Å². The molecule has 0 spiro atoms. The molecule has 1 N–H and O–H groups in total. The summed E-state index contributed by atoms with van der Waals surface area (Å²) in [7, 11) is 1.57. The van der Waals surface area contributed by atoms with Gasteiger partial charge in [0.05, 0.1) is 18.4 Å². The summed E-state index contributed by atoms with van der Waals surface area (Å²) in [6.07, 6.45) is 0. The molecule has 1 aliphatic heterocycles. The zero-order valence-corrected chi connectivity index (χ0v) is 18.9. The van der Waals surface area contributed by atoms with Crippen molar-refractivity contribution in [3.8, 4) is 5.75 Å². The molecule has 0 aliphatic carbocycles. The zero-order chi connectivity index (χ0) is 23.1. The van der Waals surface area contributed by atoms with Gasteiger partial charge in [-0.2, -0.15) is 0 Å². The van der Waals surface area contributed by atoms with E-state index in [0.717, 1.165) is 21.2 Å². The van der Waals surface area contributed by atoms with E-state index in [0.29, 0.717) is 17.0 Å². The number of aliphatic hydroxyl groups is 1. The molecule has 1 unspecified atom stereocenters. The number of Topliss-reactive ketones (excluding diaryl/α,β-unsaturated/α-hetero) is 1. The summed E-state index contributed by atoms with van der Waals surface area (Å²) in [5, 5.41) is 15.1. The van der Waals surface area contributed by atoms with E-state index in [2.05, 4.69) is 0 Å². The van der Waals surface area contributed by atoms with Crippen LogP contribution in [-0.2, 0) is 9.59 Å². The predicted octanol–water partition coefficient (Wildman–Crippen LogP) is 5.84. The molecule has 3 aromatic carbocycles. The van der Waals surface area contributed by atoms with Crippen LogP contribution in [0.15, 0.2) is 83.7 Å². The van der Waals surface area contributed by atoms with Crippen LogP contribution in [0.25, 0.3) is 16.5 Å². The lowest BCUT2D eigenvalue weighted by Crippen LogP contribution is -2.29. The van der Waals surface area contributed by atoms with E-state index in [1.54, 1.807) is 25.3 Å². The van der Waals surface area contributed by atoms with Gasteiger partial charge in [0.1, 0.15) is 17.6 Å². The van der Waals surface area contributed by atoms with E-state index in [9.17, 15) is 14.7 Å². The first-order valence-corrected chi connectivity index (χ1v) is 11.4. The lowest BCUT2D eigenvalue weighted by atomic mass is 9.97. The van der Waals surface area contributed by atoms with Gasteiger partial charge in [-0.25, -0.2) is 0 Å². The molecule has 1 aliphatic rings. The number of aryl methyl sites for hydroxylation is 1. The number of hydrogen-bond donors (Lipinski definition) is 1. The molecule has 1 amide bonds. The molecule has 0 radical (unpaired) electrons. The van der Waals surface area contributed by atoms with E-state index in [1.165, 1.54) is 16.2 Å². The number of carbonyl (C=O) groups is 2. The Hall–Kier alpha value is -3.90. The number of carbonyl (C=O) groups excluding carboxylic acids is 2. The molecule has 2 heterocycles. The second kappa shape index (κ2) is 8.22. The van der Waals surface area contributed by atoms with E-state index in [4.69, 9.17) is 4.74 Å². The molecular weight excluding hydrogens is 434 g/mol. The highest BCUT2D eigenvalue weighted by molar-refractivity contribution is 7.10. The molecule has 5 nitrogen and oxygen atoms in total. The average molecular weight is 456 g/mol. The fourth-order valence-electron chi connectivity index (χ4n) is 4.39. The van der Waals surface area contributed by atoms with Crippen molar-refractivity contribution in [2.75, 3.05) is 12.0 Å². The Morgan fingerprint density at radius 1 is 1.00 bits per heavy atom. The Morgan fingerprint density at radius 2 is 1.79 bits per heavy atom. The summed E-state index contributed by atoms with van der Waals surface area (Å²) >= 11 is 1.44. The molecule has 0 bridgehead atoms. The summed E-state index contributed by atoms with van der Waals surface area (Å²) in [4.78, 5) is 29.1. The molecule has 5 rings (SSSR count). The Morgan fingerprint density at radius 3 is 2.52 bits per heavy atom. The highest BCUT2D eigenvalue weighted by Gasteiger charge is 2.47. The monoisotopic (exact) mass is 455 g/mol. The van der Waals surface area contributed by atoms with E-state index < -0.39 is 17.7 Å². The summed E-state index contributed by atoms with van der Waals surface area (Å²) in [5.74, 6) is -0.892. The van der Waals surface area contributed by atoms with E-state index in [1.807, 2.05) is 66.9 Å². The third kappa shape index (κ3) is 3.39. The minimum absolute atomic E-state index is 0.0867. The van der Waals surface area contributed by atoms with Crippen LogP contribution in [0.3, 0.4) is 0 Å². The van der Waals surface area contributed by atoms with Crippen molar-refractivity contribution in [2.24, 2.45) is 0 Å². The number of methoxy groups -OCH3 is 1. The molecular formula is C27H21NO4S. The van der Waals surface area contributed by atoms with Crippen molar-refractivity contribution >= 4 is 45.2 Å². The first-order valence-electron chi connectivity index (χ1n) is 10.5. The Bertz CT molecular complexity index is 1420. The molecule has 0 saturated carbocycles. The number of ketones is 1. The van der Waals surface area contributed by atoms with Crippen molar-refractivity contribution in [1.29, 1.82) is 0 Å². The minimum atomic E-state index is -0.725. The molecule has 164 valence electrons. The summed E-state index contributed by atoms with van der Waals surface area (Å²) in [6, 6.07) is 21.7. The van der Waals surface area contributed by atoms with Crippen molar-refractivity contribution < 1.29 is 19.4 Å². The first kappa shape index (κ1) is 21.0. The second-order valence-electron chi connectivity index (χ2n) is 7.86. The highest BCUT2D eigenvalue weighted by atomic mass is 32.1. The number of aliphatic hydroxyl groups excluding tert-OH is 1. The van der Waals surface area contributed by atoms with Crippen LogP contribution in [0.4, 0.5) is 5.69 Å². The van der Waals surface area contributed by atoms with Crippen LogP contribution < -0.4 is 9.64 Å². The summed E-state index contributed by atoms with van der Waals surface area (Å²) < 4.78 is 5.26. The zero-order valence-electron chi connectivity index (χ0n) is 18.1. The van der Waals surface area contributed by atoms with Gasteiger partial charge < -0.3 is 9.84 Å². The average Bonchev–Trinajstić information content (AvgIpc) is 3.45. The van der Waals surface area contributed by atoms with Crippen LogP contribution >= 0.6 is 11.3 Å². The fraction of sp³-hybridized carbons (Fsp3) is 0.111. The van der Waals surface area contributed by atoms with Crippen LogP contribution in [0, 0.1) is 6.92 Å². The van der Waals surface area contributed by atoms with Gasteiger partial charge >= 0.3 is 0 Å². The lowest BCUT2D eigenvalue weighted by Gasteiger charge is -2.25. The number of hydrogen-bond acceptors (Lipinski definition) is 5. The number of fused-ring (bicyclic) bond motifs is 1.